The third-order valence-corrected chi connectivity index (χ3v) is 8.97. The van der Waals surface area contributed by atoms with E-state index in [1.54, 1.807) is 7.11 Å². The van der Waals surface area contributed by atoms with Gasteiger partial charge in [-0.25, -0.2) is 14.2 Å². The van der Waals surface area contributed by atoms with Crippen LogP contribution in [0.3, 0.4) is 0 Å². The van der Waals surface area contributed by atoms with Crippen molar-refractivity contribution in [2.75, 3.05) is 12.4 Å². The molecule has 1 aromatic heterocycles. The van der Waals surface area contributed by atoms with E-state index in [-0.39, 0.29) is 42.1 Å². The Kier molecular flexibility index (Phi) is 6.01. The SMILES string of the molecule is COc1cccc2sc(C(C)(NC(=O)Nc3ccc4c(c3F)CN(C3CCC(=O)NC3=O)C4=O)C3CC3)nc12. The summed E-state index contributed by atoms with van der Waals surface area (Å²) in [5, 5.41) is 8.59. The highest BCUT2D eigenvalue weighted by Crippen LogP contribution is 2.48. The number of aromatic nitrogens is 1. The first kappa shape index (κ1) is 25.2. The number of fused-ring (bicyclic) bond motifs is 2. The summed E-state index contributed by atoms with van der Waals surface area (Å²) in [4.78, 5) is 56.0. The van der Waals surface area contributed by atoms with Gasteiger partial charge in [-0.3, -0.25) is 19.7 Å². The number of methoxy groups -OCH3 is 1. The topological polar surface area (TPSA) is 130 Å². The molecule has 0 radical (unpaired) electrons. The van der Waals surface area contributed by atoms with Crippen molar-refractivity contribution in [1.82, 2.24) is 20.5 Å². The molecule has 39 heavy (non-hydrogen) atoms. The summed E-state index contributed by atoms with van der Waals surface area (Å²) in [6.07, 6.45) is 2.13. The van der Waals surface area contributed by atoms with Crippen LogP contribution in [0.15, 0.2) is 30.3 Å². The number of carbonyl (C=O) groups excluding carboxylic acids is 4. The summed E-state index contributed by atoms with van der Waals surface area (Å²) >= 11 is 1.48. The molecule has 2 atom stereocenters. The van der Waals surface area contributed by atoms with Crippen LogP contribution >= 0.6 is 11.3 Å². The molecule has 1 aliphatic carbocycles. The van der Waals surface area contributed by atoms with Crippen LogP contribution in [0.2, 0.25) is 0 Å². The lowest BCUT2D eigenvalue weighted by Gasteiger charge is -2.29. The predicted octanol–water partition coefficient (Wildman–Crippen LogP) is 3.65. The fourth-order valence-corrected chi connectivity index (χ4v) is 6.56. The predicted molar refractivity (Wildman–Crippen MR) is 141 cm³/mol. The Hall–Kier alpha value is -4.06. The van der Waals surface area contributed by atoms with Gasteiger partial charge in [0.1, 0.15) is 22.3 Å². The van der Waals surface area contributed by atoms with E-state index in [0.29, 0.717) is 5.75 Å². The maximum absolute atomic E-state index is 15.6. The number of urea groups is 1. The molecule has 2 fully saturated rings. The summed E-state index contributed by atoms with van der Waals surface area (Å²) in [7, 11) is 1.59. The number of carbonyl (C=O) groups is 4. The number of hydrogen-bond acceptors (Lipinski definition) is 7. The molecule has 5 amide bonds. The van der Waals surface area contributed by atoms with Crippen molar-refractivity contribution in [3.63, 3.8) is 0 Å². The minimum Gasteiger partial charge on any atom is -0.494 e. The zero-order valence-corrected chi connectivity index (χ0v) is 22.1. The normalized spacial score (nSPS) is 20.4. The smallest absolute Gasteiger partial charge is 0.320 e. The molecule has 12 heteroatoms. The monoisotopic (exact) mass is 551 g/mol. The second kappa shape index (κ2) is 9.30. The first-order valence-corrected chi connectivity index (χ1v) is 13.5. The van der Waals surface area contributed by atoms with Crippen molar-refractivity contribution in [2.24, 2.45) is 5.92 Å². The molecule has 1 saturated heterocycles. The van der Waals surface area contributed by atoms with E-state index in [0.717, 1.165) is 28.1 Å². The van der Waals surface area contributed by atoms with Crippen LogP contribution < -0.4 is 20.7 Å². The molecule has 10 nitrogen and oxygen atoms in total. The van der Waals surface area contributed by atoms with Crippen molar-refractivity contribution in [3.05, 3.63) is 52.3 Å². The lowest BCUT2D eigenvalue weighted by atomic mass is 9.97. The number of benzene rings is 2. The first-order chi connectivity index (χ1) is 18.7. The Bertz CT molecular complexity index is 1550. The van der Waals surface area contributed by atoms with Crippen LogP contribution in [0.4, 0.5) is 14.9 Å². The first-order valence-electron chi connectivity index (χ1n) is 12.7. The second-order valence-electron chi connectivity index (χ2n) is 10.2. The highest BCUT2D eigenvalue weighted by Gasteiger charge is 2.47. The van der Waals surface area contributed by atoms with Gasteiger partial charge in [-0.1, -0.05) is 6.07 Å². The van der Waals surface area contributed by atoms with Crippen LogP contribution in [0.1, 0.15) is 53.5 Å². The van der Waals surface area contributed by atoms with Crippen molar-refractivity contribution in [3.8, 4) is 5.75 Å². The summed E-state index contributed by atoms with van der Waals surface area (Å²) in [5.41, 5.74) is 0.113. The fourth-order valence-electron chi connectivity index (χ4n) is 5.39. The highest BCUT2D eigenvalue weighted by atomic mass is 32.1. The third kappa shape index (κ3) is 4.28. The number of nitrogens with zero attached hydrogens (tertiary/aromatic N) is 2. The van der Waals surface area contributed by atoms with Gasteiger partial charge in [-0.05, 0) is 56.4 Å². The van der Waals surface area contributed by atoms with Crippen LogP contribution in [0.25, 0.3) is 10.2 Å². The molecule has 6 rings (SSSR count). The van der Waals surface area contributed by atoms with Gasteiger partial charge in [0, 0.05) is 17.5 Å². The number of imide groups is 1. The number of ether oxygens (including phenoxy) is 1. The van der Waals surface area contributed by atoms with Gasteiger partial charge >= 0.3 is 6.03 Å². The van der Waals surface area contributed by atoms with Crippen molar-refractivity contribution in [2.45, 2.75) is 50.7 Å². The van der Waals surface area contributed by atoms with Crippen LogP contribution in [-0.4, -0.2) is 46.8 Å². The average molecular weight is 552 g/mol. The van der Waals surface area contributed by atoms with Gasteiger partial charge < -0.3 is 20.3 Å². The minimum atomic E-state index is -0.853. The summed E-state index contributed by atoms with van der Waals surface area (Å²) < 4.78 is 21.9. The second-order valence-corrected chi connectivity index (χ2v) is 11.3. The van der Waals surface area contributed by atoms with Gasteiger partial charge in [-0.15, -0.1) is 11.3 Å². The zero-order chi connectivity index (χ0) is 27.5. The summed E-state index contributed by atoms with van der Waals surface area (Å²) in [5.74, 6) is -1.35. The number of thiazole rings is 1. The number of amides is 5. The number of rotatable bonds is 6. The van der Waals surface area contributed by atoms with E-state index >= 15 is 4.39 Å². The number of hydrogen-bond donors (Lipinski definition) is 3. The van der Waals surface area contributed by atoms with E-state index in [9.17, 15) is 19.2 Å². The number of piperidine rings is 1. The van der Waals surface area contributed by atoms with Crippen molar-refractivity contribution >= 4 is 51.0 Å². The van der Waals surface area contributed by atoms with Gasteiger partial charge in [0.05, 0.1) is 29.6 Å². The molecule has 0 spiro atoms. The quantitative estimate of drug-likeness (QED) is 0.401. The molecule has 1 saturated carbocycles. The summed E-state index contributed by atoms with van der Waals surface area (Å²) in [6, 6.07) is 7.02. The number of halogens is 1. The van der Waals surface area contributed by atoms with E-state index < -0.39 is 41.2 Å². The van der Waals surface area contributed by atoms with E-state index in [4.69, 9.17) is 9.72 Å². The highest BCUT2D eigenvalue weighted by molar-refractivity contribution is 7.18. The Labute approximate surface area is 226 Å². The van der Waals surface area contributed by atoms with Crippen molar-refractivity contribution < 1.29 is 28.3 Å². The molecule has 202 valence electrons. The van der Waals surface area contributed by atoms with Crippen LogP contribution in [0.5, 0.6) is 5.75 Å². The van der Waals surface area contributed by atoms with Crippen LogP contribution in [-0.2, 0) is 21.7 Å². The maximum atomic E-state index is 15.6. The Balaban J connectivity index is 1.22. The Morgan fingerprint density at radius 1 is 1.21 bits per heavy atom. The molecular formula is C27H26FN5O5S. The average Bonchev–Trinajstić information content (AvgIpc) is 3.59. The number of nitrogens with one attached hydrogen (secondary N) is 3. The van der Waals surface area contributed by atoms with Gasteiger partial charge in [0.25, 0.3) is 5.91 Å². The van der Waals surface area contributed by atoms with E-state index in [1.165, 1.54) is 28.4 Å². The zero-order valence-electron chi connectivity index (χ0n) is 21.3. The summed E-state index contributed by atoms with van der Waals surface area (Å²) in [6.45, 7) is 1.79. The molecule has 2 aromatic carbocycles. The molecule has 0 bridgehead atoms. The van der Waals surface area contributed by atoms with Gasteiger partial charge in [-0.2, -0.15) is 0 Å². The molecule has 3 N–H and O–H groups in total. The number of para-hydroxylation sites is 1. The standard InChI is InChI=1S/C27H26FN5O5S/c1-27(13-6-7-13,25-31-22-18(38-2)4-3-5-19(22)39-25)32-26(37)29-16-9-8-14-15(21(16)28)12-33(24(14)36)17-10-11-20(34)30-23(17)35/h3-5,8-9,13,17H,6-7,10-12H2,1-2H3,(H2,29,32,37)(H,30,34,35). The van der Waals surface area contributed by atoms with Crippen molar-refractivity contribution in [1.29, 1.82) is 0 Å². The minimum absolute atomic E-state index is 0.0757. The van der Waals surface area contributed by atoms with Gasteiger partial charge in [0.15, 0.2) is 5.82 Å². The lowest BCUT2D eigenvalue weighted by Crippen LogP contribution is -2.52. The Morgan fingerprint density at radius 2 is 2.00 bits per heavy atom. The maximum Gasteiger partial charge on any atom is 0.320 e. The molecule has 3 aromatic rings. The van der Waals surface area contributed by atoms with E-state index in [2.05, 4.69) is 16.0 Å². The number of anilines is 1. The molecule has 2 unspecified atom stereocenters. The molecule has 3 aliphatic rings. The Morgan fingerprint density at radius 3 is 2.72 bits per heavy atom. The fraction of sp³-hybridized carbons (Fsp3) is 0.370. The lowest BCUT2D eigenvalue weighted by molar-refractivity contribution is -0.136. The molecular weight excluding hydrogens is 525 g/mol. The van der Waals surface area contributed by atoms with Crippen LogP contribution in [0, 0.1) is 11.7 Å². The van der Waals surface area contributed by atoms with E-state index in [1.807, 2.05) is 25.1 Å². The largest absolute Gasteiger partial charge is 0.494 e. The molecule has 2 aliphatic heterocycles. The van der Waals surface area contributed by atoms with Gasteiger partial charge in [0.2, 0.25) is 11.8 Å². The third-order valence-electron chi connectivity index (χ3n) is 7.71. The molecule has 3 heterocycles.